The van der Waals surface area contributed by atoms with Crippen LogP contribution in [0.5, 0.6) is 0 Å². The van der Waals surface area contributed by atoms with Crippen LogP contribution < -0.4 is 11.1 Å². The van der Waals surface area contributed by atoms with E-state index in [0.29, 0.717) is 0 Å². The fourth-order valence-corrected chi connectivity index (χ4v) is 1.04. The monoisotopic (exact) mass is 269 g/mol. The van der Waals surface area contributed by atoms with Crippen LogP contribution in [-0.4, -0.2) is 29.5 Å². The number of primary amides is 1. The molecule has 0 aliphatic carbocycles. The SMILES string of the molecule is NC(=O)c1cccnc1NCC(F)(F)C(F)(F)F. The second-order valence-corrected chi connectivity index (χ2v) is 3.32. The lowest BCUT2D eigenvalue weighted by molar-refractivity contribution is -0.275. The van der Waals surface area contributed by atoms with Gasteiger partial charge in [0.2, 0.25) is 0 Å². The molecular formula is C9H8F5N3O. The summed E-state index contributed by atoms with van der Waals surface area (Å²) in [7, 11) is 0. The number of hydrogen-bond acceptors (Lipinski definition) is 3. The molecule has 1 rings (SSSR count). The van der Waals surface area contributed by atoms with Crippen LogP contribution in [0.3, 0.4) is 0 Å². The highest BCUT2D eigenvalue weighted by atomic mass is 19.4. The second-order valence-electron chi connectivity index (χ2n) is 3.32. The van der Waals surface area contributed by atoms with Crippen molar-refractivity contribution in [1.82, 2.24) is 4.98 Å². The van der Waals surface area contributed by atoms with Crippen molar-refractivity contribution in [1.29, 1.82) is 0 Å². The van der Waals surface area contributed by atoms with Crippen molar-refractivity contribution < 1.29 is 26.7 Å². The smallest absolute Gasteiger partial charge is 0.365 e. The molecule has 0 bridgehead atoms. The van der Waals surface area contributed by atoms with E-state index in [4.69, 9.17) is 5.73 Å². The molecule has 1 heterocycles. The summed E-state index contributed by atoms with van der Waals surface area (Å²) in [5.74, 6) is -6.34. The Hall–Kier alpha value is -1.93. The maximum absolute atomic E-state index is 12.6. The molecule has 0 saturated carbocycles. The van der Waals surface area contributed by atoms with Gasteiger partial charge in [0.25, 0.3) is 5.91 Å². The van der Waals surface area contributed by atoms with Crippen molar-refractivity contribution in [3.05, 3.63) is 23.9 Å². The second kappa shape index (κ2) is 4.75. The molecule has 4 nitrogen and oxygen atoms in total. The molecule has 0 aliphatic heterocycles. The summed E-state index contributed by atoms with van der Waals surface area (Å²) in [4.78, 5) is 14.3. The van der Waals surface area contributed by atoms with Gasteiger partial charge in [-0.25, -0.2) is 4.98 Å². The lowest BCUT2D eigenvalue weighted by Crippen LogP contribution is -2.42. The summed E-state index contributed by atoms with van der Waals surface area (Å²) < 4.78 is 60.9. The number of nitrogens with two attached hydrogens (primary N) is 1. The van der Waals surface area contributed by atoms with E-state index < -0.39 is 30.4 Å². The van der Waals surface area contributed by atoms with Gasteiger partial charge in [0.15, 0.2) is 0 Å². The van der Waals surface area contributed by atoms with E-state index in [2.05, 4.69) is 4.98 Å². The first-order valence-electron chi connectivity index (χ1n) is 4.58. The first-order chi connectivity index (χ1) is 8.15. The summed E-state index contributed by atoms with van der Waals surface area (Å²) in [6, 6.07) is 2.45. The number of hydrogen-bond donors (Lipinski definition) is 2. The molecule has 0 aromatic carbocycles. The molecule has 1 aromatic heterocycles. The molecule has 0 aliphatic rings. The van der Waals surface area contributed by atoms with E-state index in [1.807, 2.05) is 0 Å². The zero-order valence-corrected chi connectivity index (χ0v) is 8.76. The molecule has 3 N–H and O–H groups in total. The molecule has 0 atom stereocenters. The van der Waals surface area contributed by atoms with Gasteiger partial charge in [-0.3, -0.25) is 4.79 Å². The fourth-order valence-electron chi connectivity index (χ4n) is 1.04. The Balaban J connectivity index is 2.85. The number of aromatic nitrogens is 1. The number of halogens is 5. The van der Waals surface area contributed by atoms with Crippen molar-refractivity contribution in [3.8, 4) is 0 Å². The average molecular weight is 269 g/mol. The van der Waals surface area contributed by atoms with E-state index in [1.54, 1.807) is 5.32 Å². The van der Waals surface area contributed by atoms with Crippen LogP contribution in [0, 0.1) is 0 Å². The van der Waals surface area contributed by atoms with Gasteiger partial charge in [-0.05, 0) is 12.1 Å². The summed E-state index contributed by atoms with van der Waals surface area (Å²) in [6.07, 6.45) is -4.55. The summed E-state index contributed by atoms with van der Waals surface area (Å²) in [5.41, 5.74) is 4.64. The maximum atomic E-state index is 12.6. The van der Waals surface area contributed by atoms with Crippen LogP contribution in [0.15, 0.2) is 18.3 Å². The van der Waals surface area contributed by atoms with Crippen molar-refractivity contribution >= 4 is 11.7 Å². The molecule has 0 radical (unpaired) electrons. The third-order valence-corrected chi connectivity index (χ3v) is 1.97. The van der Waals surface area contributed by atoms with Crippen molar-refractivity contribution in [2.45, 2.75) is 12.1 Å². The van der Waals surface area contributed by atoms with Gasteiger partial charge in [0, 0.05) is 6.20 Å². The van der Waals surface area contributed by atoms with Crippen molar-refractivity contribution in [2.24, 2.45) is 5.73 Å². The standard InChI is InChI=1S/C9H8F5N3O/c10-8(11,9(12,13)14)4-17-7-5(6(15)18)2-1-3-16-7/h1-3H,4H2,(H2,15,18)(H,16,17). The van der Waals surface area contributed by atoms with Gasteiger partial charge in [-0.15, -0.1) is 0 Å². The van der Waals surface area contributed by atoms with Crippen LogP contribution in [0.2, 0.25) is 0 Å². The number of amides is 1. The minimum atomic E-state index is -5.68. The topological polar surface area (TPSA) is 68.0 Å². The van der Waals surface area contributed by atoms with Gasteiger partial charge in [0.05, 0.1) is 12.1 Å². The highest BCUT2D eigenvalue weighted by molar-refractivity contribution is 5.97. The normalized spacial score (nSPS) is 12.3. The van der Waals surface area contributed by atoms with Crippen LogP contribution in [0.1, 0.15) is 10.4 Å². The molecule has 0 saturated heterocycles. The highest BCUT2D eigenvalue weighted by Crippen LogP contribution is 2.35. The number of carbonyl (C=O) groups excluding carboxylic acids is 1. The van der Waals surface area contributed by atoms with Crippen molar-refractivity contribution in [3.63, 3.8) is 0 Å². The highest BCUT2D eigenvalue weighted by Gasteiger charge is 2.57. The van der Waals surface area contributed by atoms with E-state index in [-0.39, 0.29) is 5.56 Å². The lowest BCUT2D eigenvalue weighted by atomic mass is 10.2. The molecule has 18 heavy (non-hydrogen) atoms. The molecule has 1 amide bonds. The van der Waals surface area contributed by atoms with Crippen LogP contribution in [0.25, 0.3) is 0 Å². The number of rotatable bonds is 4. The van der Waals surface area contributed by atoms with Gasteiger partial charge < -0.3 is 11.1 Å². The summed E-state index contributed by atoms with van der Waals surface area (Å²) in [6.45, 7) is -1.73. The number of nitrogens with one attached hydrogen (secondary N) is 1. The average Bonchev–Trinajstić information content (AvgIpc) is 2.25. The van der Waals surface area contributed by atoms with E-state index in [1.165, 1.54) is 6.07 Å². The Morgan fingerprint density at radius 1 is 1.33 bits per heavy atom. The zero-order valence-electron chi connectivity index (χ0n) is 8.76. The van der Waals surface area contributed by atoms with Gasteiger partial charge >= 0.3 is 12.1 Å². The van der Waals surface area contributed by atoms with Crippen LogP contribution >= 0.6 is 0 Å². The van der Waals surface area contributed by atoms with Crippen LogP contribution in [-0.2, 0) is 0 Å². The number of pyridine rings is 1. The molecule has 1 aromatic rings. The molecule has 0 unspecified atom stereocenters. The van der Waals surface area contributed by atoms with Gasteiger partial charge in [-0.1, -0.05) is 0 Å². The Morgan fingerprint density at radius 2 is 1.94 bits per heavy atom. The summed E-state index contributed by atoms with van der Waals surface area (Å²) >= 11 is 0. The number of carbonyl (C=O) groups is 1. The zero-order chi connectivity index (χ0) is 14.0. The van der Waals surface area contributed by atoms with Crippen molar-refractivity contribution in [2.75, 3.05) is 11.9 Å². The molecular weight excluding hydrogens is 261 g/mol. The number of alkyl halides is 5. The minimum absolute atomic E-state index is 0.268. The van der Waals surface area contributed by atoms with E-state index in [9.17, 15) is 26.7 Å². The fraction of sp³-hybridized carbons (Fsp3) is 0.333. The van der Waals surface area contributed by atoms with Crippen LogP contribution in [0.4, 0.5) is 27.8 Å². The predicted molar refractivity (Wildman–Crippen MR) is 52.2 cm³/mol. The lowest BCUT2D eigenvalue weighted by Gasteiger charge is -2.20. The third kappa shape index (κ3) is 3.05. The minimum Gasteiger partial charge on any atom is -0.365 e. The van der Waals surface area contributed by atoms with E-state index >= 15 is 0 Å². The summed E-state index contributed by atoms with van der Waals surface area (Å²) in [5, 5.41) is 1.76. The molecule has 0 spiro atoms. The molecule has 100 valence electrons. The van der Waals surface area contributed by atoms with Gasteiger partial charge in [-0.2, -0.15) is 22.0 Å². The number of nitrogens with zero attached hydrogens (tertiary/aromatic N) is 1. The Morgan fingerprint density at radius 3 is 2.44 bits per heavy atom. The molecule has 9 heteroatoms. The Kier molecular flexibility index (Phi) is 3.73. The first kappa shape index (κ1) is 14.1. The Labute approximate surface area is 98.0 Å². The third-order valence-electron chi connectivity index (χ3n) is 1.97. The largest absolute Gasteiger partial charge is 0.455 e. The predicted octanol–water partition coefficient (Wildman–Crippen LogP) is 1.79. The maximum Gasteiger partial charge on any atom is 0.455 e. The molecule has 0 fully saturated rings. The van der Waals surface area contributed by atoms with E-state index in [0.717, 1.165) is 12.3 Å². The van der Waals surface area contributed by atoms with Gasteiger partial charge in [0.1, 0.15) is 5.82 Å². The first-order valence-corrected chi connectivity index (χ1v) is 4.58. The number of anilines is 1. The quantitative estimate of drug-likeness (QED) is 0.819. The Bertz CT molecular complexity index is 446.